The molecule has 0 bridgehead atoms. The molecule has 0 atom stereocenters. The van der Waals surface area contributed by atoms with Crippen LogP contribution in [0.3, 0.4) is 0 Å². The molecule has 0 saturated heterocycles. The third kappa shape index (κ3) is 3.58. The van der Waals surface area contributed by atoms with Crippen molar-refractivity contribution < 1.29 is 26.7 Å². The van der Waals surface area contributed by atoms with Gasteiger partial charge in [0.1, 0.15) is 6.42 Å². The molecule has 124 valence electrons. The van der Waals surface area contributed by atoms with Crippen LogP contribution in [0, 0.1) is 20.8 Å². The van der Waals surface area contributed by atoms with Crippen LogP contribution in [-0.4, -0.2) is 18.0 Å². The maximum atomic E-state index is 13.3. The van der Waals surface area contributed by atoms with Crippen molar-refractivity contribution in [1.29, 1.82) is 0 Å². The van der Waals surface area contributed by atoms with E-state index in [1.807, 2.05) is 0 Å². The minimum Gasteiger partial charge on any atom is -0.398 e. The van der Waals surface area contributed by atoms with Crippen LogP contribution in [-0.2, 0) is 4.79 Å². The van der Waals surface area contributed by atoms with Gasteiger partial charge in [-0.2, -0.15) is 22.0 Å². The Hall–Kier alpha value is -2.06. The first-order valence-electron chi connectivity index (χ1n) is 6.18. The SMILES string of the molecule is Cc1c(N)c(C)c(NC(=O)C(F)(F)CC(F)(F)F)c(C)c1N. The van der Waals surface area contributed by atoms with Gasteiger partial charge in [0.2, 0.25) is 0 Å². The first-order chi connectivity index (χ1) is 9.78. The summed E-state index contributed by atoms with van der Waals surface area (Å²) in [7, 11) is 0. The Morgan fingerprint density at radius 3 is 1.73 bits per heavy atom. The molecule has 1 aromatic carbocycles. The number of amides is 1. The zero-order chi connectivity index (χ0) is 17.5. The first-order valence-corrected chi connectivity index (χ1v) is 6.18. The van der Waals surface area contributed by atoms with Gasteiger partial charge in [0.15, 0.2) is 0 Å². The number of anilines is 3. The van der Waals surface area contributed by atoms with E-state index in [9.17, 15) is 26.7 Å². The quantitative estimate of drug-likeness (QED) is 0.589. The Labute approximate surface area is 123 Å². The predicted octanol–water partition coefficient (Wildman–Crippen LogP) is 3.30. The monoisotopic (exact) mass is 325 g/mol. The van der Waals surface area contributed by atoms with Gasteiger partial charge in [0.05, 0.1) is 5.69 Å². The molecule has 4 nitrogen and oxygen atoms in total. The highest BCUT2D eigenvalue weighted by Crippen LogP contribution is 2.37. The van der Waals surface area contributed by atoms with Crippen molar-refractivity contribution in [3.63, 3.8) is 0 Å². The van der Waals surface area contributed by atoms with Gasteiger partial charge in [0, 0.05) is 11.4 Å². The topological polar surface area (TPSA) is 81.1 Å². The lowest BCUT2D eigenvalue weighted by Gasteiger charge is -2.22. The Morgan fingerprint density at radius 1 is 0.955 bits per heavy atom. The van der Waals surface area contributed by atoms with Crippen molar-refractivity contribution in [2.75, 3.05) is 16.8 Å². The molecule has 0 fully saturated rings. The summed E-state index contributed by atoms with van der Waals surface area (Å²) in [5.74, 6) is -6.65. The van der Waals surface area contributed by atoms with E-state index in [0.717, 1.165) is 0 Å². The number of nitrogen functional groups attached to an aromatic ring is 2. The van der Waals surface area contributed by atoms with Crippen molar-refractivity contribution in [1.82, 2.24) is 0 Å². The van der Waals surface area contributed by atoms with Gasteiger partial charge in [-0.05, 0) is 37.5 Å². The summed E-state index contributed by atoms with van der Waals surface area (Å²) in [6.45, 7) is 4.51. The van der Waals surface area contributed by atoms with E-state index in [4.69, 9.17) is 11.5 Å². The molecule has 0 aliphatic rings. The van der Waals surface area contributed by atoms with Crippen LogP contribution in [0.2, 0.25) is 0 Å². The zero-order valence-corrected chi connectivity index (χ0v) is 12.2. The second-order valence-corrected chi connectivity index (χ2v) is 5.03. The molecule has 22 heavy (non-hydrogen) atoms. The van der Waals surface area contributed by atoms with Crippen LogP contribution < -0.4 is 16.8 Å². The summed E-state index contributed by atoms with van der Waals surface area (Å²) in [5, 5.41) is 1.80. The molecule has 1 amide bonds. The van der Waals surface area contributed by atoms with Gasteiger partial charge >= 0.3 is 12.1 Å². The second-order valence-electron chi connectivity index (χ2n) is 5.03. The molecule has 1 rings (SSSR count). The number of nitrogens with one attached hydrogen (secondary N) is 1. The molecule has 0 spiro atoms. The predicted molar refractivity (Wildman–Crippen MR) is 73.7 cm³/mol. The largest absolute Gasteiger partial charge is 0.398 e. The molecule has 0 aliphatic carbocycles. The average molecular weight is 325 g/mol. The summed E-state index contributed by atoms with van der Waals surface area (Å²) in [5.41, 5.74) is 12.8. The molecule has 9 heteroatoms. The lowest BCUT2D eigenvalue weighted by Crippen LogP contribution is -2.39. The molecule has 0 aromatic heterocycles. The average Bonchev–Trinajstić information content (AvgIpc) is 2.36. The Kier molecular flexibility index (Phi) is 4.59. The number of nitrogens with two attached hydrogens (primary N) is 2. The number of carbonyl (C=O) groups excluding carboxylic acids is 1. The number of benzene rings is 1. The number of hydrogen-bond acceptors (Lipinski definition) is 3. The Balaban J connectivity index is 3.18. The van der Waals surface area contributed by atoms with Crippen molar-refractivity contribution >= 4 is 23.0 Å². The smallest absolute Gasteiger partial charge is 0.395 e. The van der Waals surface area contributed by atoms with E-state index in [2.05, 4.69) is 0 Å². The summed E-state index contributed by atoms with van der Waals surface area (Å²) in [6.07, 6.45) is -7.71. The van der Waals surface area contributed by atoms with Gasteiger partial charge in [-0.15, -0.1) is 0 Å². The Morgan fingerprint density at radius 2 is 1.36 bits per heavy atom. The molecule has 1 aromatic rings. The van der Waals surface area contributed by atoms with Crippen LogP contribution >= 0.6 is 0 Å². The third-order valence-corrected chi connectivity index (χ3v) is 3.36. The highest BCUT2D eigenvalue weighted by molar-refractivity contribution is 5.99. The third-order valence-electron chi connectivity index (χ3n) is 3.36. The van der Waals surface area contributed by atoms with E-state index in [0.29, 0.717) is 5.56 Å². The van der Waals surface area contributed by atoms with Gasteiger partial charge in [-0.25, -0.2) is 0 Å². The molecule has 0 heterocycles. The van der Waals surface area contributed by atoms with Gasteiger partial charge in [-0.1, -0.05) is 0 Å². The van der Waals surface area contributed by atoms with Crippen molar-refractivity contribution in [3.05, 3.63) is 16.7 Å². The number of hydrogen-bond donors (Lipinski definition) is 3. The second kappa shape index (κ2) is 5.62. The van der Waals surface area contributed by atoms with Crippen molar-refractivity contribution in [2.45, 2.75) is 39.3 Å². The molecule has 0 saturated carbocycles. The zero-order valence-electron chi connectivity index (χ0n) is 12.2. The van der Waals surface area contributed by atoms with Crippen LogP contribution in [0.5, 0.6) is 0 Å². The van der Waals surface area contributed by atoms with E-state index in [1.54, 1.807) is 12.2 Å². The first kappa shape index (κ1) is 18.0. The van der Waals surface area contributed by atoms with Crippen LogP contribution in [0.1, 0.15) is 23.1 Å². The molecule has 5 N–H and O–H groups in total. The molecule has 0 radical (unpaired) electrons. The lowest BCUT2D eigenvalue weighted by atomic mass is 9.99. The van der Waals surface area contributed by atoms with E-state index in [-0.39, 0.29) is 28.2 Å². The fourth-order valence-corrected chi connectivity index (χ4v) is 1.98. The van der Waals surface area contributed by atoms with Gasteiger partial charge < -0.3 is 16.8 Å². The number of halogens is 5. The van der Waals surface area contributed by atoms with Gasteiger partial charge in [0.25, 0.3) is 5.91 Å². The minimum absolute atomic E-state index is 0.104. The van der Waals surface area contributed by atoms with E-state index < -0.39 is 24.4 Å². The van der Waals surface area contributed by atoms with Crippen LogP contribution in [0.15, 0.2) is 0 Å². The summed E-state index contributed by atoms with van der Waals surface area (Å²) < 4.78 is 63.0. The minimum atomic E-state index is -5.17. The highest BCUT2D eigenvalue weighted by Gasteiger charge is 2.49. The summed E-state index contributed by atoms with van der Waals surface area (Å²) in [4.78, 5) is 11.5. The highest BCUT2D eigenvalue weighted by atomic mass is 19.4. The van der Waals surface area contributed by atoms with E-state index >= 15 is 0 Å². The number of carbonyl (C=O) groups is 1. The normalized spacial score (nSPS) is 12.4. The molecule has 0 aliphatic heterocycles. The number of rotatable bonds is 3. The maximum Gasteiger partial charge on any atom is 0.395 e. The summed E-state index contributed by atoms with van der Waals surface area (Å²) in [6, 6.07) is 0. The van der Waals surface area contributed by atoms with Gasteiger partial charge in [-0.3, -0.25) is 4.79 Å². The lowest BCUT2D eigenvalue weighted by molar-refractivity contribution is -0.190. The molecular weight excluding hydrogens is 309 g/mol. The van der Waals surface area contributed by atoms with Crippen LogP contribution in [0.25, 0.3) is 0 Å². The standard InChI is InChI=1S/C13H16F5N3O/c1-5-8(19)6(2)10(7(3)9(5)20)21-11(22)12(14,15)4-13(16,17)18/h4,19-20H2,1-3H3,(H,21,22). The molecular formula is C13H16F5N3O. The maximum absolute atomic E-state index is 13.3. The van der Waals surface area contributed by atoms with Crippen molar-refractivity contribution in [3.8, 4) is 0 Å². The summed E-state index contributed by atoms with van der Waals surface area (Å²) >= 11 is 0. The number of alkyl halides is 5. The van der Waals surface area contributed by atoms with Crippen LogP contribution in [0.4, 0.5) is 39.0 Å². The Bertz CT molecular complexity index is 582. The van der Waals surface area contributed by atoms with E-state index in [1.165, 1.54) is 13.8 Å². The fourth-order valence-electron chi connectivity index (χ4n) is 1.98. The van der Waals surface area contributed by atoms with Crippen molar-refractivity contribution in [2.24, 2.45) is 0 Å². The fraction of sp³-hybridized carbons (Fsp3) is 0.462. The molecule has 0 unspecified atom stereocenters.